The van der Waals surface area contributed by atoms with E-state index < -0.39 is 0 Å². The molecule has 0 aromatic rings. The molecule has 0 saturated heterocycles. The fourth-order valence-corrected chi connectivity index (χ4v) is 2.01. The maximum Gasteiger partial charge on any atom is 0.0282 e. The first-order valence-corrected chi connectivity index (χ1v) is 5.96. The summed E-state index contributed by atoms with van der Waals surface area (Å²) in [6.45, 7) is 9.16. The van der Waals surface area contributed by atoms with E-state index in [1.54, 1.807) is 0 Å². The average molecular weight is 187 g/mol. The Morgan fingerprint density at radius 2 is 1.92 bits per heavy atom. The van der Waals surface area contributed by atoms with E-state index in [2.05, 4.69) is 32.3 Å². The molecule has 72 valence electrons. The van der Waals surface area contributed by atoms with Crippen molar-refractivity contribution in [3.8, 4) is 0 Å². The van der Waals surface area contributed by atoms with Crippen molar-refractivity contribution >= 4 is 11.8 Å². The Hall–Kier alpha value is 0.310. The topological polar surface area (TPSA) is 12.0 Å². The Kier molecular flexibility index (Phi) is 3.11. The lowest BCUT2D eigenvalue weighted by Gasteiger charge is -2.21. The molecule has 1 aliphatic carbocycles. The van der Waals surface area contributed by atoms with Gasteiger partial charge in [0.15, 0.2) is 0 Å². The molecule has 0 heterocycles. The molecule has 1 aliphatic rings. The van der Waals surface area contributed by atoms with Crippen molar-refractivity contribution in [1.82, 2.24) is 5.32 Å². The van der Waals surface area contributed by atoms with Gasteiger partial charge in [-0.3, -0.25) is 0 Å². The number of hydrogen-bond acceptors (Lipinski definition) is 2. The van der Waals surface area contributed by atoms with E-state index in [9.17, 15) is 0 Å². The Labute approximate surface area is 80.7 Å². The number of hydrogen-bond donors (Lipinski definition) is 1. The van der Waals surface area contributed by atoms with Crippen LogP contribution in [-0.2, 0) is 0 Å². The first kappa shape index (κ1) is 10.4. The fraction of sp³-hybridized carbons (Fsp3) is 1.00. The van der Waals surface area contributed by atoms with E-state index in [0.717, 1.165) is 6.54 Å². The molecule has 0 aromatic carbocycles. The van der Waals surface area contributed by atoms with E-state index in [1.807, 2.05) is 11.8 Å². The van der Waals surface area contributed by atoms with Crippen molar-refractivity contribution in [2.45, 2.75) is 38.4 Å². The molecule has 0 radical (unpaired) electrons. The van der Waals surface area contributed by atoms with Gasteiger partial charge in [-0.15, -0.1) is 0 Å². The molecule has 0 spiro atoms. The van der Waals surface area contributed by atoms with Crippen LogP contribution in [0.15, 0.2) is 0 Å². The van der Waals surface area contributed by atoms with Crippen molar-refractivity contribution in [3.05, 3.63) is 0 Å². The first-order valence-electron chi connectivity index (χ1n) is 4.73. The Balaban J connectivity index is 2.10. The molecule has 1 nitrogen and oxygen atoms in total. The second kappa shape index (κ2) is 3.59. The predicted molar refractivity (Wildman–Crippen MR) is 57.8 cm³/mol. The van der Waals surface area contributed by atoms with Gasteiger partial charge in [-0.25, -0.2) is 0 Å². The molecule has 0 aromatic heterocycles. The van der Waals surface area contributed by atoms with Crippen molar-refractivity contribution in [1.29, 1.82) is 0 Å². The minimum atomic E-state index is 0.425. The molecule has 1 N–H and O–H groups in total. The highest BCUT2D eigenvalue weighted by atomic mass is 32.2. The summed E-state index contributed by atoms with van der Waals surface area (Å²) in [6, 6.07) is 0. The highest BCUT2D eigenvalue weighted by molar-refractivity contribution is 8.00. The second-order valence-electron chi connectivity index (χ2n) is 5.05. The van der Waals surface area contributed by atoms with Crippen LogP contribution in [0.5, 0.6) is 0 Å². The van der Waals surface area contributed by atoms with Gasteiger partial charge in [-0.05, 0) is 24.5 Å². The fourth-order valence-electron chi connectivity index (χ4n) is 1.26. The van der Waals surface area contributed by atoms with Crippen LogP contribution in [0.4, 0.5) is 0 Å². The predicted octanol–water partition coefficient (Wildman–Crippen LogP) is 2.52. The number of nitrogens with one attached hydrogen (secondary N) is 1. The van der Waals surface area contributed by atoms with Crippen LogP contribution in [0, 0.1) is 5.41 Å². The lowest BCUT2D eigenvalue weighted by atomic mass is 9.97. The Morgan fingerprint density at radius 3 is 2.25 bits per heavy atom. The van der Waals surface area contributed by atoms with E-state index in [-0.39, 0.29) is 0 Å². The summed E-state index contributed by atoms with van der Waals surface area (Å²) in [6.07, 6.45) is 5.04. The van der Waals surface area contributed by atoms with Gasteiger partial charge in [-0.2, -0.15) is 11.8 Å². The summed E-state index contributed by atoms with van der Waals surface area (Å²) in [5, 5.41) is 3.56. The zero-order chi connectivity index (χ0) is 9.24. The maximum absolute atomic E-state index is 3.56. The van der Waals surface area contributed by atoms with Gasteiger partial charge in [0.1, 0.15) is 0 Å². The van der Waals surface area contributed by atoms with Gasteiger partial charge < -0.3 is 5.32 Å². The summed E-state index contributed by atoms with van der Waals surface area (Å²) in [5.74, 6) is 0. The van der Waals surface area contributed by atoms with Gasteiger partial charge >= 0.3 is 0 Å². The molecule has 0 unspecified atom stereocenters. The minimum Gasteiger partial charge on any atom is -0.315 e. The largest absolute Gasteiger partial charge is 0.315 e. The minimum absolute atomic E-state index is 0.425. The maximum atomic E-state index is 3.56. The summed E-state index contributed by atoms with van der Waals surface area (Å²) in [4.78, 5) is 0. The third-order valence-electron chi connectivity index (χ3n) is 2.34. The summed E-state index contributed by atoms with van der Waals surface area (Å²) in [5.41, 5.74) is 0.425. The van der Waals surface area contributed by atoms with Gasteiger partial charge in [0.25, 0.3) is 0 Å². The van der Waals surface area contributed by atoms with Gasteiger partial charge in [0.05, 0.1) is 0 Å². The van der Waals surface area contributed by atoms with Crippen LogP contribution in [0.25, 0.3) is 0 Å². The molecule has 12 heavy (non-hydrogen) atoms. The van der Waals surface area contributed by atoms with Crippen LogP contribution in [0.2, 0.25) is 0 Å². The highest BCUT2D eigenvalue weighted by Gasteiger charge is 2.41. The van der Waals surface area contributed by atoms with Crippen molar-refractivity contribution < 1.29 is 0 Å². The molecule has 2 heteroatoms. The third kappa shape index (κ3) is 3.36. The van der Waals surface area contributed by atoms with E-state index in [4.69, 9.17) is 0 Å². The summed E-state index contributed by atoms with van der Waals surface area (Å²) < 4.78 is 0.616. The quantitative estimate of drug-likeness (QED) is 0.726. The van der Waals surface area contributed by atoms with Crippen LogP contribution < -0.4 is 5.32 Å². The van der Waals surface area contributed by atoms with Crippen molar-refractivity contribution in [2.24, 2.45) is 5.41 Å². The summed E-state index contributed by atoms with van der Waals surface area (Å²) >= 11 is 2.03. The smallest absolute Gasteiger partial charge is 0.0282 e. The standard InChI is InChI=1S/C10H21NS/c1-9(2,3)7-11-8-10(12-4)5-6-10/h11H,5-8H2,1-4H3. The Morgan fingerprint density at radius 1 is 1.33 bits per heavy atom. The summed E-state index contributed by atoms with van der Waals surface area (Å²) in [7, 11) is 0. The average Bonchev–Trinajstić information content (AvgIpc) is 2.67. The van der Waals surface area contributed by atoms with Crippen molar-refractivity contribution in [3.63, 3.8) is 0 Å². The van der Waals surface area contributed by atoms with E-state index in [0.29, 0.717) is 10.2 Å². The van der Waals surface area contributed by atoms with Crippen LogP contribution in [0.1, 0.15) is 33.6 Å². The molecule has 0 amide bonds. The molecule has 1 saturated carbocycles. The molecular formula is C10H21NS. The van der Waals surface area contributed by atoms with Gasteiger partial charge in [0, 0.05) is 17.8 Å². The molecular weight excluding hydrogens is 166 g/mol. The highest BCUT2D eigenvalue weighted by Crippen LogP contribution is 2.46. The molecule has 1 rings (SSSR count). The van der Waals surface area contributed by atoms with Gasteiger partial charge in [-0.1, -0.05) is 20.8 Å². The lowest BCUT2D eigenvalue weighted by molar-refractivity contribution is 0.379. The zero-order valence-electron chi connectivity index (χ0n) is 8.74. The Bertz CT molecular complexity index is 144. The van der Waals surface area contributed by atoms with Gasteiger partial charge in [0.2, 0.25) is 0 Å². The third-order valence-corrected chi connectivity index (χ3v) is 3.76. The SMILES string of the molecule is CSC1(CNCC(C)(C)C)CC1. The molecule has 0 atom stereocenters. The number of rotatable bonds is 4. The monoisotopic (exact) mass is 187 g/mol. The number of thioether (sulfide) groups is 1. The molecule has 0 aliphatic heterocycles. The van der Waals surface area contributed by atoms with E-state index >= 15 is 0 Å². The first-order chi connectivity index (χ1) is 5.47. The lowest BCUT2D eigenvalue weighted by Crippen LogP contribution is -2.33. The normalized spacial score (nSPS) is 21.0. The van der Waals surface area contributed by atoms with Crippen molar-refractivity contribution in [2.75, 3.05) is 19.3 Å². The van der Waals surface area contributed by atoms with E-state index in [1.165, 1.54) is 19.4 Å². The molecule has 0 bridgehead atoms. The van der Waals surface area contributed by atoms with Crippen LogP contribution in [0.3, 0.4) is 0 Å². The molecule has 1 fully saturated rings. The zero-order valence-corrected chi connectivity index (χ0v) is 9.55. The van der Waals surface area contributed by atoms with Crippen LogP contribution in [-0.4, -0.2) is 24.1 Å². The van der Waals surface area contributed by atoms with Crippen LogP contribution >= 0.6 is 11.8 Å². The second-order valence-corrected chi connectivity index (χ2v) is 6.33.